The van der Waals surface area contributed by atoms with E-state index in [4.69, 9.17) is 29.2 Å². The van der Waals surface area contributed by atoms with Crippen molar-refractivity contribution in [1.82, 2.24) is 0 Å². The zero-order valence-electron chi connectivity index (χ0n) is 30.5. The quantitative estimate of drug-likeness (QED) is 0.0693. The number of carbonyl (C=O) groups excluding carboxylic acids is 1. The summed E-state index contributed by atoms with van der Waals surface area (Å²) in [6.07, 6.45) is 21.6. The molecule has 0 unspecified atom stereocenters. The average molecular weight is 673 g/mol. The second kappa shape index (κ2) is 20.3. The third-order valence-corrected chi connectivity index (χ3v) is 11.8. The first-order chi connectivity index (χ1) is 23.3. The van der Waals surface area contributed by atoms with E-state index >= 15 is 0 Å². The standard InChI is InChI=1S/C41H68O7/c1-4-8-33-18-22-40(23-19-33,47-32(3)35-10-14-37(15-11-35)45-30-6-28-42)26-27-41(24-20-34(9-5-2)21-25-41)48-39(44)36-12-16-38(17-13-36)46-31-7-29-43/h33-38,42-43H,3-25,28-31H2,1-2H3. The average Bonchev–Trinajstić information content (AvgIpc) is 3.10. The lowest BCUT2D eigenvalue weighted by Crippen LogP contribution is -2.42. The van der Waals surface area contributed by atoms with E-state index in [9.17, 15) is 4.79 Å². The van der Waals surface area contributed by atoms with Crippen LogP contribution in [0.5, 0.6) is 0 Å². The summed E-state index contributed by atoms with van der Waals surface area (Å²) in [6.45, 7) is 10.5. The van der Waals surface area contributed by atoms with Gasteiger partial charge in [-0.05, 0) is 127 Å². The maximum atomic E-state index is 13.8. The van der Waals surface area contributed by atoms with Crippen LogP contribution in [0.1, 0.15) is 155 Å². The molecule has 7 nitrogen and oxygen atoms in total. The highest BCUT2D eigenvalue weighted by Gasteiger charge is 2.42. The van der Waals surface area contributed by atoms with Crippen LogP contribution in [0.2, 0.25) is 0 Å². The molecule has 0 aromatic rings. The van der Waals surface area contributed by atoms with Crippen LogP contribution in [0.15, 0.2) is 12.3 Å². The predicted molar refractivity (Wildman–Crippen MR) is 190 cm³/mol. The summed E-state index contributed by atoms with van der Waals surface area (Å²) in [5.41, 5.74) is -1.34. The molecule has 4 aliphatic carbocycles. The number of ether oxygens (including phenoxy) is 4. The van der Waals surface area contributed by atoms with Crippen molar-refractivity contribution in [2.45, 2.75) is 179 Å². The zero-order valence-corrected chi connectivity index (χ0v) is 30.5. The highest BCUT2D eigenvalue weighted by atomic mass is 16.6. The van der Waals surface area contributed by atoms with Crippen molar-refractivity contribution in [3.05, 3.63) is 12.3 Å². The first-order valence-electron chi connectivity index (χ1n) is 19.9. The molecule has 7 heteroatoms. The van der Waals surface area contributed by atoms with E-state index in [2.05, 4.69) is 32.3 Å². The fourth-order valence-electron chi connectivity index (χ4n) is 8.67. The first kappa shape index (κ1) is 39.2. The van der Waals surface area contributed by atoms with Gasteiger partial charge in [0.15, 0.2) is 11.2 Å². The van der Waals surface area contributed by atoms with E-state index in [0.29, 0.717) is 43.8 Å². The molecule has 4 aliphatic rings. The molecule has 4 saturated carbocycles. The Morgan fingerprint density at radius 3 is 1.48 bits per heavy atom. The van der Waals surface area contributed by atoms with Crippen molar-refractivity contribution in [3.63, 3.8) is 0 Å². The van der Waals surface area contributed by atoms with Crippen molar-refractivity contribution >= 4 is 5.97 Å². The summed E-state index contributed by atoms with van der Waals surface area (Å²) >= 11 is 0. The fraction of sp³-hybridized carbons (Fsp3) is 0.878. The summed E-state index contributed by atoms with van der Waals surface area (Å²) in [5.74, 6) is 9.74. The van der Waals surface area contributed by atoms with Gasteiger partial charge in [-0.25, -0.2) is 0 Å². The first-order valence-corrected chi connectivity index (χ1v) is 19.9. The predicted octanol–water partition coefficient (Wildman–Crippen LogP) is 8.44. The van der Waals surface area contributed by atoms with Gasteiger partial charge in [0, 0.05) is 32.3 Å². The van der Waals surface area contributed by atoms with Crippen LogP contribution in [0.4, 0.5) is 0 Å². The van der Waals surface area contributed by atoms with E-state index in [-0.39, 0.29) is 37.3 Å². The second-order valence-electron chi connectivity index (χ2n) is 15.5. The Morgan fingerprint density at radius 2 is 1.06 bits per heavy atom. The second-order valence-corrected chi connectivity index (χ2v) is 15.5. The molecule has 0 atom stereocenters. The molecule has 0 bridgehead atoms. The van der Waals surface area contributed by atoms with Crippen molar-refractivity contribution in [2.24, 2.45) is 23.7 Å². The summed E-state index contributed by atoms with van der Waals surface area (Å²) in [4.78, 5) is 13.8. The number of hydrogen-bond acceptors (Lipinski definition) is 7. The largest absolute Gasteiger partial charge is 0.479 e. The molecular formula is C41H68O7. The normalized spacial score (nSPS) is 34.1. The summed E-state index contributed by atoms with van der Waals surface area (Å²) in [6, 6.07) is 0. The molecule has 4 rings (SSSR count). The Morgan fingerprint density at radius 1 is 0.646 bits per heavy atom. The van der Waals surface area contributed by atoms with Crippen LogP contribution in [-0.2, 0) is 23.7 Å². The molecule has 0 heterocycles. The van der Waals surface area contributed by atoms with Crippen molar-refractivity contribution < 1.29 is 34.0 Å². The van der Waals surface area contributed by atoms with E-state index in [1.54, 1.807) is 0 Å². The molecule has 0 amide bonds. The molecule has 274 valence electrons. The van der Waals surface area contributed by atoms with Crippen molar-refractivity contribution in [2.75, 3.05) is 26.4 Å². The minimum atomic E-state index is -0.752. The zero-order chi connectivity index (χ0) is 34.2. The highest BCUT2D eigenvalue weighted by molar-refractivity contribution is 5.73. The molecule has 0 aromatic heterocycles. The molecular weight excluding hydrogens is 604 g/mol. The van der Waals surface area contributed by atoms with Crippen molar-refractivity contribution in [1.29, 1.82) is 0 Å². The number of hydrogen-bond donors (Lipinski definition) is 2. The maximum absolute atomic E-state index is 13.8. The Bertz CT molecular complexity index is 920. The van der Waals surface area contributed by atoms with Crippen LogP contribution < -0.4 is 0 Å². The third kappa shape index (κ3) is 12.0. The smallest absolute Gasteiger partial charge is 0.310 e. The molecule has 2 N–H and O–H groups in total. The number of allylic oxidation sites excluding steroid dienone is 1. The molecule has 0 aromatic carbocycles. The minimum Gasteiger partial charge on any atom is -0.479 e. The van der Waals surface area contributed by atoms with Gasteiger partial charge in [0.25, 0.3) is 0 Å². The van der Waals surface area contributed by atoms with E-state index in [0.717, 1.165) is 108 Å². The Hall–Kier alpha value is -1.59. The van der Waals surface area contributed by atoms with Crippen molar-refractivity contribution in [3.8, 4) is 11.8 Å². The Labute approximate surface area is 292 Å². The third-order valence-electron chi connectivity index (χ3n) is 11.8. The van der Waals surface area contributed by atoms with Crippen LogP contribution in [-0.4, -0.2) is 66.0 Å². The van der Waals surface area contributed by atoms with Gasteiger partial charge in [-0.3, -0.25) is 4.79 Å². The molecule has 0 radical (unpaired) electrons. The SMILES string of the molecule is C=C(OC1(C#CC2(OC(=O)C3CCC(OCCCO)CC3)CCC(CCC)CC2)CCC(CCC)CC1)C1CCC(OCCCO)CC1. The van der Waals surface area contributed by atoms with Gasteiger partial charge >= 0.3 is 5.97 Å². The van der Waals surface area contributed by atoms with E-state index in [1.165, 1.54) is 25.7 Å². The summed E-state index contributed by atoms with van der Waals surface area (Å²) in [7, 11) is 0. The van der Waals surface area contributed by atoms with Gasteiger partial charge in [0.2, 0.25) is 0 Å². The topological polar surface area (TPSA) is 94.5 Å². The molecule has 4 fully saturated rings. The fourth-order valence-corrected chi connectivity index (χ4v) is 8.67. The lowest BCUT2D eigenvalue weighted by molar-refractivity contribution is -0.164. The van der Waals surface area contributed by atoms with E-state index in [1.807, 2.05) is 0 Å². The van der Waals surface area contributed by atoms with Crippen LogP contribution >= 0.6 is 0 Å². The van der Waals surface area contributed by atoms with Crippen LogP contribution in [0.25, 0.3) is 0 Å². The van der Waals surface area contributed by atoms with Gasteiger partial charge in [0.1, 0.15) is 0 Å². The molecule has 0 saturated heterocycles. The highest BCUT2D eigenvalue weighted by Crippen LogP contribution is 2.43. The van der Waals surface area contributed by atoms with Crippen LogP contribution in [0.3, 0.4) is 0 Å². The van der Waals surface area contributed by atoms with E-state index < -0.39 is 11.2 Å². The van der Waals surface area contributed by atoms with Gasteiger partial charge < -0.3 is 29.2 Å². The Kier molecular flexibility index (Phi) is 16.6. The molecule has 48 heavy (non-hydrogen) atoms. The van der Waals surface area contributed by atoms with Gasteiger partial charge in [0.05, 0.1) is 23.9 Å². The van der Waals surface area contributed by atoms with Crippen LogP contribution in [0, 0.1) is 35.5 Å². The number of aliphatic hydroxyl groups is 2. The number of esters is 1. The molecule has 0 aliphatic heterocycles. The lowest BCUT2D eigenvalue weighted by atomic mass is 9.74. The number of rotatable bonds is 17. The van der Waals surface area contributed by atoms with Gasteiger partial charge in [-0.15, -0.1) is 0 Å². The summed E-state index contributed by atoms with van der Waals surface area (Å²) < 4.78 is 25.4. The number of carbonyl (C=O) groups is 1. The minimum absolute atomic E-state index is 0.0870. The summed E-state index contributed by atoms with van der Waals surface area (Å²) in [5, 5.41) is 18.2. The maximum Gasteiger partial charge on any atom is 0.310 e. The molecule has 0 spiro atoms. The lowest BCUT2D eigenvalue weighted by Gasteiger charge is -2.41. The van der Waals surface area contributed by atoms with Gasteiger partial charge in [-0.2, -0.15) is 0 Å². The number of aliphatic hydroxyl groups excluding tert-OH is 2. The monoisotopic (exact) mass is 672 g/mol. The van der Waals surface area contributed by atoms with Gasteiger partial charge in [-0.1, -0.05) is 58.0 Å². The Balaban J connectivity index is 1.46.